The van der Waals surface area contributed by atoms with Crippen LogP contribution >= 0.6 is 0 Å². The third-order valence-corrected chi connectivity index (χ3v) is 8.32. The van der Waals surface area contributed by atoms with Crippen LogP contribution in [0, 0.1) is 12.8 Å². The van der Waals surface area contributed by atoms with Crippen molar-refractivity contribution in [2.75, 3.05) is 13.1 Å². The van der Waals surface area contributed by atoms with Gasteiger partial charge in [0.15, 0.2) is 5.72 Å². The van der Waals surface area contributed by atoms with Gasteiger partial charge in [-0.05, 0) is 63.1 Å². The molecule has 4 heterocycles. The summed E-state index contributed by atoms with van der Waals surface area (Å²) < 4.78 is 13.0. The van der Waals surface area contributed by atoms with E-state index in [1.807, 2.05) is 37.3 Å². The minimum Gasteiger partial charge on any atom is -0.472 e. The van der Waals surface area contributed by atoms with Crippen molar-refractivity contribution in [3.8, 4) is 5.75 Å². The van der Waals surface area contributed by atoms with Crippen molar-refractivity contribution in [1.82, 2.24) is 9.88 Å². The predicted molar refractivity (Wildman–Crippen MR) is 133 cm³/mol. The largest absolute Gasteiger partial charge is 0.472 e. The van der Waals surface area contributed by atoms with Crippen LogP contribution in [0.4, 0.5) is 0 Å². The molecule has 178 valence electrons. The number of aryl methyl sites for hydroxylation is 1. The van der Waals surface area contributed by atoms with Gasteiger partial charge in [-0.1, -0.05) is 37.3 Å². The molecule has 0 amide bonds. The second-order valence-corrected chi connectivity index (χ2v) is 10.2. The van der Waals surface area contributed by atoms with Crippen molar-refractivity contribution in [3.05, 3.63) is 64.8 Å². The molecule has 1 aromatic heterocycles. The Morgan fingerprint density at radius 2 is 2.00 bits per heavy atom. The zero-order valence-electron chi connectivity index (χ0n) is 20.2. The number of hydrogen-bond acceptors (Lipinski definition) is 4. The number of ether oxygens (including phenoxy) is 2. The average Bonchev–Trinajstić information content (AvgIpc) is 3.21. The lowest BCUT2D eigenvalue weighted by Crippen LogP contribution is -2.64. The summed E-state index contributed by atoms with van der Waals surface area (Å²) in [5.41, 5.74) is 4.56. The number of benzene rings is 2. The van der Waals surface area contributed by atoms with Crippen molar-refractivity contribution in [3.63, 3.8) is 0 Å². The van der Waals surface area contributed by atoms with E-state index < -0.39 is 0 Å². The fourth-order valence-electron chi connectivity index (χ4n) is 6.71. The number of nitrogens with zero attached hydrogens (tertiary/aromatic N) is 1. The summed E-state index contributed by atoms with van der Waals surface area (Å²) in [5, 5.41) is 0.991. The zero-order valence-corrected chi connectivity index (χ0v) is 20.2. The summed E-state index contributed by atoms with van der Waals surface area (Å²) in [6, 6.07) is 14.2. The quantitative estimate of drug-likeness (QED) is 0.466. The average molecular weight is 459 g/mol. The number of fused-ring (bicyclic) bond motifs is 3. The number of carbonyl (C=O) groups is 1. The lowest BCUT2D eigenvalue weighted by Gasteiger charge is -2.56. The molecule has 2 fully saturated rings. The van der Waals surface area contributed by atoms with E-state index in [9.17, 15) is 4.79 Å². The van der Waals surface area contributed by atoms with Gasteiger partial charge in [-0.15, -0.1) is 0 Å². The van der Waals surface area contributed by atoms with Crippen molar-refractivity contribution in [2.24, 2.45) is 5.92 Å². The molecule has 3 aromatic rings. The number of aromatic amines is 1. The van der Waals surface area contributed by atoms with E-state index in [1.54, 1.807) is 0 Å². The van der Waals surface area contributed by atoms with Gasteiger partial charge in [-0.25, -0.2) is 4.79 Å². The van der Waals surface area contributed by atoms with Crippen LogP contribution in [0.3, 0.4) is 0 Å². The maximum Gasteiger partial charge on any atom is 0.341 e. The van der Waals surface area contributed by atoms with Gasteiger partial charge in [0.25, 0.3) is 0 Å². The van der Waals surface area contributed by atoms with Gasteiger partial charge >= 0.3 is 5.97 Å². The van der Waals surface area contributed by atoms with Crippen LogP contribution in [0.15, 0.2) is 42.5 Å². The highest BCUT2D eigenvalue weighted by atomic mass is 16.5. The van der Waals surface area contributed by atoms with Crippen LogP contribution in [0.2, 0.25) is 0 Å². The number of esters is 1. The monoisotopic (exact) mass is 458 g/mol. The summed E-state index contributed by atoms with van der Waals surface area (Å²) in [4.78, 5) is 19.6. The Labute approximate surface area is 201 Å². The summed E-state index contributed by atoms with van der Waals surface area (Å²) in [6.07, 6.45) is 7.42. The van der Waals surface area contributed by atoms with Gasteiger partial charge in [0, 0.05) is 47.6 Å². The Bertz CT molecular complexity index is 1220. The molecule has 6 rings (SSSR count). The second kappa shape index (κ2) is 8.46. The first-order valence-electron chi connectivity index (χ1n) is 12.9. The zero-order chi connectivity index (χ0) is 23.3. The maximum absolute atomic E-state index is 13.6. The molecule has 3 aliphatic rings. The molecule has 1 N–H and O–H groups in total. The standard InChI is InChI=1S/C29H34N2O3/c1-3-24(20-10-5-4-6-11-20)33-28(32)26-19(2)30-23-13-14-25-22(27(23)26)18-21-12-9-17-31-16-8-7-15-29(21,31)34-25/h4-6,10-11,13-14,21,24,30H,3,7-9,12,15-18H2,1-2H3. The maximum atomic E-state index is 13.6. The van der Waals surface area contributed by atoms with Crippen molar-refractivity contribution < 1.29 is 14.3 Å². The molecular weight excluding hydrogens is 424 g/mol. The molecule has 3 unspecified atom stereocenters. The highest BCUT2D eigenvalue weighted by Crippen LogP contribution is 2.50. The third-order valence-electron chi connectivity index (χ3n) is 8.32. The Morgan fingerprint density at radius 3 is 2.82 bits per heavy atom. The van der Waals surface area contributed by atoms with Crippen LogP contribution in [-0.2, 0) is 11.2 Å². The highest BCUT2D eigenvalue weighted by molar-refractivity contribution is 6.07. The molecule has 5 heteroatoms. The van der Waals surface area contributed by atoms with Crippen LogP contribution in [0.5, 0.6) is 5.75 Å². The first-order chi connectivity index (χ1) is 16.6. The number of H-pyrrole nitrogens is 1. The van der Waals surface area contributed by atoms with Gasteiger partial charge in [0.1, 0.15) is 11.9 Å². The highest BCUT2D eigenvalue weighted by Gasteiger charge is 2.52. The molecule has 5 nitrogen and oxygen atoms in total. The SMILES string of the molecule is CCC(OC(=O)c1c(C)[nH]c2ccc3c(c12)CC1CCCN2CCCCC12O3)c1ccccc1. The van der Waals surface area contributed by atoms with Gasteiger partial charge in [0.2, 0.25) is 0 Å². The lowest BCUT2D eigenvalue weighted by atomic mass is 9.74. The van der Waals surface area contributed by atoms with E-state index in [1.165, 1.54) is 31.2 Å². The number of nitrogens with one attached hydrogen (secondary N) is 1. The fourth-order valence-corrected chi connectivity index (χ4v) is 6.71. The van der Waals surface area contributed by atoms with E-state index in [-0.39, 0.29) is 17.8 Å². The summed E-state index contributed by atoms with van der Waals surface area (Å²) in [5.74, 6) is 1.16. The second-order valence-electron chi connectivity index (χ2n) is 10.2. The Balaban J connectivity index is 1.40. The van der Waals surface area contributed by atoms with Crippen molar-refractivity contribution in [1.29, 1.82) is 0 Å². The number of hydrogen-bond donors (Lipinski definition) is 1. The molecule has 34 heavy (non-hydrogen) atoms. The summed E-state index contributed by atoms with van der Waals surface area (Å²) in [7, 11) is 0. The van der Waals surface area contributed by atoms with Gasteiger partial charge < -0.3 is 14.5 Å². The molecule has 3 aliphatic heterocycles. The van der Waals surface area contributed by atoms with E-state index in [2.05, 4.69) is 28.9 Å². The third kappa shape index (κ3) is 3.36. The van der Waals surface area contributed by atoms with Gasteiger partial charge in [-0.2, -0.15) is 0 Å². The van der Waals surface area contributed by atoms with Gasteiger partial charge in [-0.3, -0.25) is 4.90 Å². The van der Waals surface area contributed by atoms with E-state index in [0.717, 1.165) is 60.3 Å². The topological polar surface area (TPSA) is 54.6 Å². The number of carbonyl (C=O) groups excluding carboxylic acids is 1. The minimum atomic E-state index is -0.258. The molecule has 0 radical (unpaired) electrons. The molecule has 2 aromatic carbocycles. The van der Waals surface area contributed by atoms with Gasteiger partial charge in [0.05, 0.1) is 5.56 Å². The predicted octanol–water partition coefficient (Wildman–Crippen LogP) is 6.31. The molecule has 2 saturated heterocycles. The van der Waals surface area contributed by atoms with Crippen LogP contribution in [0.1, 0.15) is 78.7 Å². The normalized spacial score (nSPS) is 25.1. The van der Waals surface area contributed by atoms with Crippen LogP contribution in [-0.4, -0.2) is 34.7 Å². The van der Waals surface area contributed by atoms with E-state index in [0.29, 0.717) is 11.5 Å². The van der Waals surface area contributed by atoms with Crippen molar-refractivity contribution in [2.45, 2.75) is 70.6 Å². The number of aromatic nitrogens is 1. The first-order valence-corrected chi connectivity index (χ1v) is 12.9. The molecule has 1 spiro atoms. The Hall–Kier alpha value is -2.79. The Kier molecular flexibility index (Phi) is 5.40. The molecular formula is C29H34N2O3. The number of piperidine rings is 2. The molecule has 3 atom stereocenters. The molecule has 0 saturated carbocycles. The van der Waals surface area contributed by atoms with Crippen molar-refractivity contribution >= 4 is 16.9 Å². The molecule has 0 aliphatic carbocycles. The fraction of sp³-hybridized carbons (Fsp3) is 0.483. The number of rotatable bonds is 4. The Morgan fingerprint density at radius 1 is 1.18 bits per heavy atom. The van der Waals surface area contributed by atoms with E-state index in [4.69, 9.17) is 9.47 Å². The van der Waals surface area contributed by atoms with Crippen LogP contribution in [0.25, 0.3) is 10.9 Å². The van der Waals surface area contributed by atoms with Crippen LogP contribution < -0.4 is 4.74 Å². The summed E-state index contributed by atoms with van der Waals surface area (Å²) in [6.45, 7) is 6.29. The summed E-state index contributed by atoms with van der Waals surface area (Å²) >= 11 is 0. The lowest BCUT2D eigenvalue weighted by molar-refractivity contribution is -0.177. The van der Waals surface area contributed by atoms with E-state index >= 15 is 0 Å². The first kappa shape index (κ1) is 21.7. The minimum absolute atomic E-state index is 0.163. The molecule has 0 bridgehead atoms. The smallest absolute Gasteiger partial charge is 0.341 e.